The molecule has 0 rings (SSSR count). The first kappa shape index (κ1) is 70.7. The number of carbonyl (C=O) groups excluding carboxylic acids is 3. The Kier molecular flexibility index (Phi) is 53.4. The molecule has 0 saturated carbocycles. The molecule has 12 heteroatoms. The predicted octanol–water partition coefficient (Wildman–Crippen LogP) is 17.5. The maximum atomic E-state index is 12.9. The van der Waals surface area contributed by atoms with Gasteiger partial charge in [-0.25, -0.2) is 4.57 Å². The molecule has 0 fully saturated rings. The smallest absolute Gasteiger partial charge is 0.462 e. The van der Waals surface area contributed by atoms with Crippen LogP contribution in [0.3, 0.4) is 0 Å². The Morgan fingerprint density at radius 3 is 1.12 bits per heavy atom. The summed E-state index contributed by atoms with van der Waals surface area (Å²) in [6.45, 7) is 4.46. The minimum atomic E-state index is -4.76. The van der Waals surface area contributed by atoms with Crippen molar-refractivity contribution in [3.63, 3.8) is 0 Å². The fraction of sp³-hybridized carbons (Fsp3) is 0.726. The van der Waals surface area contributed by atoms with Gasteiger partial charge in [0.15, 0.2) is 6.10 Å². The molecule has 0 bridgehead atoms. The van der Waals surface area contributed by atoms with Crippen molar-refractivity contribution in [2.75, 3.05) is 26.4 Å². The highest BCUT2D eigenvalue weighted by Crippen LogP contribution is 2.43. The maximum Gasteiger partial charge on any atom is 0.472 e. The van der Waals surface area contributed by atoms with E-state index >= 15 is 0 Å². The highest BCUT2D eigenvalue weighted by atomic mass is 31.2. The number of phosphoric acid groups is 1. The topological polar surface area (TPSA) is 155 Å². The summed E-state index contributed by atoms with van der Waals surface area (Å²) in [7, 11) is -4.76. The first-order chi connectivity index (χ1) is 36.2. The van der Waals surface area contributed by atoms with Gasteiger partial charge in [0.05, 0.1) is 19.8 Å². The Labute approximate surface area is 451 Å². The highest BCUT2D eigenvalue weighted by Gasteiger charge is 2.28. The third-order valence-corrected chi connectivity index (χ3v) is 13.3. The molecule has 3 unspecified atom stereocenters. The third kappa shape index (κ3) is 53.5. The number of phosphoric ester groups is 1. The third-order valence-electron chi connectivity index (χ3n) is 12.3. The number of hydrogen-bond donors (Lipinski definition) is 2. The number of allylic oxidation sites excluding steroid dienone is 14. The van der Waals surface area contributed by atoms with Crippen LogP contribution in [-0.4, -0.2) is 66.5 Å². The fourth-order valence-electron chi connectivity index (χ4n) is 7.82. The van der Waals surface area contributed by atoms with Crippen molar-refractivity contribution in [3.8, 4) is 0 Å². The first-order valence-electron chi connectivity index (χ1n) is 29.5. The van der Waals surface area contributed by atoms with Crippen LogP contribution in [0, 0.1) is 0 Å². The van der Waals surface area contributed by atoms with Crippen molar-refractivity contribution >= 4 is 25.7 Å². The molecule has 0 amide bonds. The molecule has 74 heavy (non-hydrogen) atoms. The average Bonchev–Trinajstić information content (AvgIpc) is 3.39. The molecule has 0 aromatic rings. The Balaban J connectivity index is 4.79. The number of rotatable bonds is 54. The summed E-state index contributed by atoms with van der Waals surface area (Å²) in [5, 5.41) is 9.80. The lowest BCUT2D eigenvalue weighted by Gasteiger charge is -2.21. The summed E-state index contributed by atoms with van der Waals surface area (Å²) in [4.78, 5) is 48.5. The minimum Gasteiger partial charge on any atom is -0.462 e. The normalized spacial score (nSPS) is 14.0. The molecular formula is C62H107O11P. The zero-order valence-corrected chi connectivity index (χ0v) is 47.9. The van der Waals surface area contributed by atoms with E-state index in [9.17, 15) is 28.9 Å². The van der Waals surface area contributed by atoms with Gasteiger partial charge in [-0.3, -0.25) is 23.4 Å². The van der Waals surface area contributed by atoms with Gasteiger partial charge in [0.2, 0.25) is 0 Å². The molecule has 0 aromatic heterocycles. The molecule has 2 N–H and O–H groups in total. The van der Waals surface area contributed by atoms with Crippen molar-refractivity contribution in [1.82, 2.24) is 0 Å². The standard InChI is InChI=1S/C62H107O11P/c1-4-7-10-13-16-19-22-24-26-28-29-31-32-34-37-39-42-45-48-51-60(64)69-55-59(73-62(66)53-50-47-44-41-38-35-33-30-27-25-23-20-17-14-11-8-5-2)57-71-74(67,68)70-56-58(54-63)72-61(65)52-49-46-43-40-36-21-18-15-12-9-6-3/h7,10,16-17,19-20,24-27,29,31,34,37,58-59,63H,4-6,8-9,11-15,18,21-23,28,30,32-33,35-36,38-57H2,1-3H3,(H,67,68)/b10-7-,19-16-,20-17-,26-24-,27-25-,31-29-,37-34-. The van der Waals surface area contributed by atoms with E-state index in [1.54, 1.807) is 0 Å². The zero-order chi connectivity index (χ0) is 54.1. The Bertz CT molecular complexity index is 1560. The quantitative estimate of drug-likeness (QED) is 0.0197. The molecule has 0 aromatic carbocycles. The monoisotopic (exact) mass is 1060 g/mol. The van der Waals surface area contributed by atoms with E-state index in [4.69, 9.17) is 23.3 Å². The van der Waals surface area contributed by atoms with Gasteiger partial charge >= 0.3 is 25.7 Å². The van der Waals surface area contributed by atoms with Gasteiger partial charge in [-0.05, 0) is 96.3 Å². The van der Waals surface area contributed by atoms with Crippen molar-refractivity contribution in [3.05, 3.63) is 85.1 Å². The van der Waals surface area contributed by atoms with Crippen LogP contribution in [0.25, 0.3) is 0 Å². The molecule has 3 atom stereocenters. The molecule has 0 aliphatic heterocycles. The molecule has 0 radical (unpaired) electrons. The minimum absolute atomic E-state index is 0.149. The van der Waals surface area contributed by atoms with E-state index in [2.05, 4.69) is 106 Å². The van der Waals surface area contributed by atoms with Crippen LogP contribution < -0.4 is 0 Å². The lowest BCUT2D eigenvalue weighted by molar-refractivity contribution is -0.161. The van der Waals surface area contributed by atoms with Gasteiger partial charge in [0, 0.05) is 19.3 Å². The molecule has 0 aliphatic carbocycles. The van der Waals surface area contributed by atoms with Crippen LogP contribution in [-0.2, 0) is 42.2 Å². The molecule has 0 spiro atoms. The van der Waals surface area contributed by atoms with Gasteiger partial charge in [-0.2, -0.15) is 0 Å². The second-order valence-corrected chi connectivity index (χ2v) is 20.9. The van der Waals surface area contributed by atoms with Crippen LogP contribution in [0.1, 0.15) is 252 Å². The van der Waals surface area contributed by atoms with E-state index in [1.165, 1.54) is 83.5 Å². The zero-order valence-electron chi connectivity index (χ0n) is 47.0. The van der Waals surface area contributed by atoms with Crippen molar-refractivity contribution in [2.45, 2.75) is 264 Å². The number of esters is 3. The van der Waals surface area contributed by atoms with Crippen molar-refractivity contribution in [1.29, 1.82) is 0 Å². The molecule has 0 aliphatic rings. The number of aliphatic hydroxyl groups is 1. The Morgan fingerprint density at radius 1 is 0.392 bits per heavy atom. The Morgan fingerprint density at radius 2 is 0.703 bits per heavy atom. The summed E-state index contributed by atoms with van der Waals surface area (Å²) < 4.78 is 39.5. The van der Waals surface area contributed by atoms with E-state index in [-0.39, 0.29) is 25.9 Å². The van der Waals surface area contributed by atoms with Gasteiger partial charge in [0.25, 0.3) is 0 Å². The lowest BCUT2D eigenvalue weighted by atomic mass is 10.1. The lowest BCUT2D eigenvalue weighted by Crippen LogP contribution is -2.30. The van der Waals surface area contributed by atoms with Crippen LogP contribution in [0.15, 0.2) is 85.1 Å². The fourth-order valence-corrected chi connectivity index (χ4v) is 8.61. The first-order valence-corrected chi connectivity index (χ1v) is 31.0. The molecule has 426 valence electrons. The van der Waals surface area contributed by atoms with Crippen LogP contribution >= 0.6 is 7.82 Å². The number of unbranched alkanes of at least 4 members (excludes halogenated alkanes) is 23. The van der Waals surface area contributed by atoms with Crippen LogP contribution in [0.5, 0.6) is 0 Å². The molecule has 0 saturated heterocycles. The van der Waals surface area contributed by atoms with Crippen molar-refractivity contribution < 1.29 is 52.2 Å². The van der Waals surface area contributed by atoms with E-state index < -0.39 is 57.8 Å². The summed E-state index contributed by atoms with van der Waals surface area (Å²) in [6, 6.07) is 0. The van der Waals surface area contributed by atoms with Crippen molar-refractivity contribution in [2.24, 2.45) is 0 Å². The average molecular weight is 1060 g/mol. The molecule has 0 heterocycles. The number of carbonyl (C=O) groups is 3. The predicted molar refractivity (Wildman–Crippen MR) is 307 cm³/mol. The largest absolute Gasteiger partial charge is 0.472 e. The van der Waals surface area contributed by atoms with Gasteiger partial charge < -0.3 is 24.2 Å². The van der Waals surface area contributed by atoms with Gasteiger partial charge in [-0.1, -0.05) is 221 Å². The van der Waals surface area contributed by atoms with Gasteiger partial charge in [-0.15, -0.1) is 0 Å². The summed E-state index contributed by atoms with van der Waals surface area (Å²) in [6.07, 6.45) is 63.9. The second-order valence-electron chi connectivity index (χ2n) is 19.4. The van der Waals surface area contributed by atoms with E-state index in [0.29, 0.717) is 19.3 Å². The Hall–Kier alpha value is -3.34. The second kappa shape index (κ2) is 55.9. The summed E-state index contributed by atoms with van der Waals surface area (Å²) in [5.74, 6) is -1.51. The van der Waals surface area contributed by atoms with E-state index in [1.807, 2.05) is 0 Å². The maximum absolute atomic E-state index is 12.9. The number of aliphatic hydroxyl groups excluding tert-OH is 1. The van der Waals surface area contributed by atoms with Crippen LogP contribution in [0.2, 0.25) is 0 Å². The van der Waals surface area contributed by atoms with E-state index in [0.717, 1.165) is 109 Å². The highest BCUT2D eigenvalue weighted by molar-refractivity contribution is 7.47. The summed E-state index contributed by atoms with van der Waals surface area (Å²) in [5.41, 5.74) is 0. The SMILES string of the molecule is CC/C=C\C/C=C\C/C=C\C/C=C\C/C=C\CCCCCC(=O)OCC(COP(=O)(O)OCC(CO)OC(=O)CCCCCCCCCCCCC)OC(=O)CCCCCCCCC/C=C\C/C=C\CCCCC. The van der Waals surface area contributed by atoms with Crippen LogP contribution in [0.4, 0.5) is 0 Å². The molecule has 11 nitrogen and oxygen atoms in total. The number of hydrogen-bond acceptors (Lipinski definition) is 10. The number of ether oxygens (including phenoxy) is 3. The molecular weight excluding hydrogens is 952 g/mol. The van der Waals surface area contributed by atoms with Gasteiger partial charge in [0.1, 0.15) is 12.7 Å². The summed E-state index contributed by atoms with van der Waals surface area (Å²) >= 11 is 0.